The number of carbonyl (C=O) groups excluding carboxylic acids is 1. The van der Waals surface area contributed by atoms with Crippen LogP contribution < -0.4 is 0 Å². The van der Waals surface area contributed by atoms with Crippen LogP contribution in [0.2, 0.25) is 0 Å². The molecule has 0 aromatic rings. The molecule has 0 heterocycles. The molecular weight excluding hydrogens is 158 g/mol. The lowest BCUT2D eigenvalue weighted by molar-refractivity contribution is -0.170. The zero-order valence-electron chi connectivity index (χ0n) is 7.91. The van der Waals surface area contributed by atoms with Gasteiger partial charge in [0.05, 0.1) is 19.6 Å². The van der Waals surface area contributed by atoms with E-state index in [2.05, 4.69) is 4.84 Å². The highest BCUT2D eigenvalue weighted by Crippen LogP contribution is 2.03. The van der Waals surface area contributed by atoms with E-state index in [0.717, 1.165) is 11.5 Å². The van der Waals surface area contributed by atoms with Gasteiger partial charge in [0.15, 0.2) is 0 Å². The van der Waals surface area contributed by atoms with Crippen LogP contribution in [-0.4, -0.2) is 36.3 Å². The van der Waals surface area contributed by atoms with Crippen LogP contribution in [-0.2, 0) is 9.63 Å². The minimum Gasteiger partial charge on any atom is -0.393 e. The monoisotopic (exact) mass is 175 g/mol. The van der Waals surface area contributed by atoms with E-state index in [1.165, 1.54) is 14.2 Å². The summed E-state index contributed by atoms with van der Waals surface area (Å²) in [6.07, 6.45) is 1.13. The molecule has 4 heteroatoms. The Labute approximate surface area is 73.1 Å². The Morgan fingerprint density at radius 1 is 1.67 bits per heavy atom. The van der Waals surface area contributed by atoms with E-state index in [4.69, 9.17) is 0 Å². The van der Waals surface area contributed by atoms with Crippen molar-refractivity contribution in [2.45, 2.75) is 32.3 Å². The molecule has 0 aliphatic heterocycles. The summed E-state index contributed by atoms with van der Waals surface area (Å²) in [5.41, 5.74) is 0. The van der Waals surface area contributed by atoms with Gasteiger partial charge in [0.25, 0.3) is 0 Å². The van der Waals surface area contributed by atoms with Crippen LogP contribution in [0.15, 0.2) is 0 Å². The molecule has 12 heavy (non-hydrogen) atoms. The highest BCUT2D eigenvalue weighted by atomic mass is 16.7. The molecule has 0 aliphatic carbocycles. The number of hydroxylamine groups is 2. The van der Waals surface area contributed by atoms with Gasteiger partial charge in [-0.3, -0.25) is 9.63 Å². The van der Waals surface area contributed by atoms with E-state index in [0.29, 0.717) is 6.42 Å². The lowest BCUT2D eigenvalue weighted by atomic mass is 10.1. The molecule has 72 valence electrons. The van der Waals surface area contributed by atoms with Gasteiger partial charge in [0, 0.05) is 7.05 Å². The number of amides is 1. The molecule has 0 unspecified atom stereocenters. The van der Waals surface area contributed by atoms with Crippen molar-refractivity contribution in [2.75, 3.05) is 14.2 Å². The Morgan fingerprint density at radius 3 is 2.67 bits per heavy atom. The van der Waals surface area contributed by atoms with E-state index < -0.39 is 6.10 Å². The van der Waals surface area contributed by atoms with Crippen molar-refractivity contribution in [2.24, 2.45) is 0 Å². The summed E-state index contributed by atoms with van der Waals surface area (Å²) in [6, 6.07) is 0. The lowest BCUT2D eigenvalue weighted by Crippen LogP contribution is -2.28. The van der Waals surface area contributed by atoms with Crippen LogP contribution in [0, 0.1) is 0 Å². The van der Waals surface area contributed by atoms with Gasteiger partial charge in [-0.1, -0.05) is 13.3 Å². The quantitative estimate of drug-likeness (QED) is 0.621. The lowest BCUT2D eigenvalue weighted by Gasteiger charge is -2.15. The Hall–Kier alpha value is -0.610. The average Bonchev–Trinajstić information content (AvgIpc) is 2.03. The zero-order valence-corrected chi connectivity index (χ0v) is 7.91. The maximum atomic E-state index is 11.1. The predicted molar refractivity (Wildman–Crippen MR) is 45.3 cm³/mol. The Morgan fingerprint density at radius 2 is 2.25 bits per heavy atom. The van der Waals surface area contributed by atoms with E-state index in [9.17, 15) is 9.90 Å². The maximum absolute atomic E-state index is 11.1. The van der Waals surface area contributed by atoms with Crippen molar-refractivity contribution in [3.63, 3.8) is 0 Å². The fourth-order valence-corrected chi connectivity index (χ4v) is 0.867. The fraction of sp³-hybridized carbons (Fsp3) is 0.875. The van der Waals surface area contributed by atoms with Gasteiger partial charge < -0.3 is 5.11 Å². The van der Waals surface area contributed by atoms with Gasteiger partial charge in [0.2, 0.25) is 5.91 Å². The molecule has 0 bridgehead atoms. The Kier molecular flexibility index (Phi) is 5.66. The summed E-state index contributed by atoms with van der Waals surface area (Å²) in [7, 11) is 2.95. The van der Waals surface area contributed by atoms with Crippen molar-refractivity contribution in [1.29, 1.82) is 0 Å². The van der Waals surface area contributed by atoms with E-state index in [-0.39, 0.29) is 12.3 Å². The summed E-state index contributed by atoms with van der Waals surface area (Å²) in [4.78, 5) is 15.8. The summed E-state index contributed by atoms with van der Waals surface area (Å²) in [6.45, 7) is 1.97. The summed E-state index contributed by atoms with van der Waals surface area (Å²) in [5.74, 6) is -0.196. The molecule has 0 rings (SSSR count). The normalized spacial score (nSPS) is 12.7. The zero-order chi connectivity index (χ0) is 9.56. The molecule has 0 spiro atoms. The van der Waals surface area contributed by atoms with Crippen molar-refractivity contribution in [1.82, 2.24) is 5.06 Å². The fourth-order valence-electron chi connectivity index (χ4n) is 0.867. The minimum atomic E-state index is -0.542. The maximum Gasteiger partial charge on any atom is 0.248 e. The second-order valence-electron chi connectivity index (χ2n) is 2.72. The van der Waals surface area contributed by atoms with E-state index in [1.54, 1.807) is 0 Å². The molecule has 1 atom stereocenters. The van der Waals surface area contributed by atoms with E-state index in [1.807, 2.05) is 6.92 Å². The Bertz CT molecular complexity index is 138. The standard InChI is InChI=1S/C8H17NO3/c1-4-5-7(10)6-8(11)9(2)12-3/h7,10H,4-6H2,1-3H3/t7-/m0/s1. The third-order valence-corrected chi connectivity index (χ3v) is 1.66. The second-order valence-corrected chi connectivity index (χ2v) is 2.72. The van der Waals surface area contributed by atoms with Crippen molar-refractivity contribution in [3.05, 3.63) is 0 Å². The molecule has 0 saturated carbocycles. The van der Waals surface area contributed by atoms with Crippen LogP contribution in [0.25, 0.3) is 0 Å². The number of nitrogens with zero attached hydrogens (tertiary/aromatic N) is 1. The van der Waals surface area contributed by atoms with Crippen molar-refractivity contribution in [3.8, 4) is 0 Å². The number of hydrogen-bond acceptors (Lipinski definition) is 3. The molecule has 1 N–H and O–H groups in total. The highest BCUT2D eigenvalue weighted by molar-refractivity contribution is 5.75. The summed E-state index contributed by atoms with van der Waals surface area (Å²) >= 11 is 0. The molecule has 0 aromatic heterocycles. The van der Waals surface area contributed by atoms with Crippen molar-refractivity contribution >= 4 is 5.91 Å². The molecule has 4 nitrogen and oxygen atoms in total. The summed E-state index contributed by atoms with van der Waals surface area (Å²) in [5, 5.41) is 10.4. The molecule has 0 fully saturated rings. The first kappa shape index (κ1) is 11.4. The first-order valence-corrected chi connectivity index (χ1v) is 4.10. The number of hydrogen-bond donors (Lipinski definition) is 1. The number of aliphatic hydroxyl groups excluding tert-OH is 1. The third kappa shape index (κ3) is 4.31. The van der Waals surface area contributed by atoms with Crippen molar-refractivity contribution < 1.29 is 14.7 Å². The van der Waals surface area contributed by atoms with Crippen LogP contribution in [0.1, 0.15) is 26.2 Å². The molecule has 0 radical (unpaired) electrons. The topological polar surface area (TPSA) is 49.8 Å². The number of carbonyl (C=O) groups is 1. The third-order valence-electron chi connectivity index (χ3n) is 1.66. The first-order chi connectivity index (χ1) is 5.61. The summed E-state index contributed by atoms with van der Waals surface area (Å²) < 4.78 is 0. The van der Waals surface area contributed by atoms with Gasteiger partial charge in [-0.25, -0.2) is 5.06 Å². The highest BCUT2D eigenvalue weighted by Gasteiger charge is 2.13. The minimum absolute atomic E-state index is 0.137. The molecule has 0 aromatic carbocycles. The largest absolute Gasteiger partial charge is 0.393 e. The first-order valence-electron chi connectivity index (χ1n) is 4.10. The SMILES string of the molecule is CCC[C@H](O)CC(=O)N(C)OC. The smallest absolute Gasteiger partial charge is 0.248 e. The van der Waals surface area contributed by atoms with E-state index >= 15 is 0 Å². The van der Waals surface area contributed by atoms with Gasteiger partial charge in [0.1, 0.15) is 0 Å². The van der Waals surface area contributed by atoms with Gasteiger partial charge in [-0.05, 0) is 6.42 Å². The Balaban J connectivity index is 3.67. The number of rotatable bonds is 5. The van der Waals surface area contributed by atoms with Gasteiger partial charge in [-0.15, -0.1) is 0 Å². The molecule has 0 saturated heterocycles. The molecule has 1 amide bonds. The second kappa shape index (κ2) is 5.97. The molecule has 0 aliphatic rings. The van der Waals surface area contributed by atoms with Crippen LogP contribution in [0.5, 0.6) is 0 Å². The van der Waals surface area contributed by atoms with Crippen LogP contribution >= 0.6 is 0 Å². The molecular formula is C8H17NO3. The predicted octanol–water partition coefficient (Wildman–Crippen LogP) is 0.557. The number of aliphatic hydroxyl groups is 1. The van der Waals surface area contributed by atoms with Crippen LogP contribution in [0.4, 0.5) is 0 Å². The van der Waals surface area contributed by atoms with Gasteiger partial charge in [-0.2, -0.15) is 0 Å². The average molecular weight is 175 g/mol. The van der Waals surface area contributed by atoms with Gasteiger partial charge >= 0.3 is 0 Å². The van der Waals surface area contributed by atoms with Crippen LogP contribution in [0.3, 0.4) is 0 Å².